The van der Waals surface area contributed by atoms with Gasteiger partial charge in [-0.25, -0.2) is 4.68 Å². The smallest absolute Gasteiger partial charge is 0.140 e. The molecule has 154 valence electrons. The molecule has 32 heavy (non-hydrogen) atoms. The molecule has 1 aliphatic heterocycles. The first-order chi connectivity index (χ1) is 15.9. The molecule has 1 atom stereocenters. The van der Waals surface area contributed by atoms with Crippen LogP contribution in [0.2, 0.25) is 0 Å². The summed E-state index contributed by atoms with van der Waals surface area (Å²) in [7, 11) is 0. The second-order valence-electron chi connectivity index (χ2n) is 7.75. The van der Waals surface area contributed by atoms with Crippen molar-refractivity contribution < 1.29 is 0 Å². The third kappa shape index (κ3) is 3.11. The van der Waals surface area contributed by atoms with E-state index in [4.69, 9.17) is 5.10 Å². The van der Waals surface area contributed by atoms with Crippen LogP contribution < -0.4 is 10.6 Å². The van der Waals surface area contributed by atoms with Crippen molar-refractivity contribution in [2.75, 3.05) is 10.6 Å². The van der Waals surface area contributed by atoms with Crippen LogP contribution in [0.15, 0.2) is 109 Å². The molecule has 5 heteroatoms. The molecule has 6 rings (SSSR count). The predicted octanol–water partition coefficient (Wildman–Crippen LogP) is 6.19. The molecule has 0 unspecified atom stereocenters. The number of benzene rings is 3. The van der Waals surface area contributed by atoms with E-state index in [9.17, 15) is 0 Å². The third-order valence-corrected chi connectivity index (χ3v) is 5.78. The van der Waals surface area contributed by atoms with Crippen molar-refractivity contribution in [3.05, 3.63) is 121 Å². The molecule has 3 aromatic carbocycles. The lowest BCUT2D eigenvalue weighted by atomic mass is 9.96. The molecule has 5 nitrogen and oxygen atoms in total. The lowest BCUT2D eigenvalue weighted by Crippen LogP contribution is -2.12. The topological polar surface area (TPSA) is 54.8 Å². The fourth-order valence-corrected chi connectivity index (χ4v) is 4.27. The molecule has 3 heterocycles. The maximum Gasteiger partial charge on any atom is 0.140 e. The molecule has 0 saturated carbocycles. The molecule has 0 aliphatic carbocycles. The summed E-state index contributed by atoms with van der Waals surface area (Å²) >= 11 is 0. The van der Waals surface area contributed by atoms with Crippen molar-refractivity contribution in [3.8, 4) is 16.9 Å². The Morgan fingerprint density at radius 3 is 2.09 bits per heavy atom. The van der Waals surface area contributed by atoms with Gasteiger partial charge in [0.25, 0.3) is 0 Å². The largest absolute Gasteiger partial charge is 0.372 e. The van der Waals surface area contributed by atoms with E-state index in [0.717, 1.165) is 45.3 Å². The van der Waals surface area contributed by atoms with Crippen LogP contribution in [-0.4, -0.2) is 14.8 Å². The fraction of sp³-hybridized carbons (Fsp3) is 0.0370. The molecule has 0 amide bonds. The Labute approximate surface area is 186 Å². The lowest BCUT2D eigenvalue weighted by molar-refractivity contribution is 0.891. The van der Waals surface area contributed by atoms with Crippen molar-refractivity contribution in [3.63, 3.8) is 0 Å². The zero-order valence-corrected chi connectivity index (χ0v) is 17.3. The van der Waals surface area contributed by atoms with Gasteiger partial charge >= 0.3 is 0 Å². The van der Waals surface area contributed by atoms with Crippen LogP contribution in [0.4, 0.5) is 17.2 Å². The predicted molar refractivity (Wildman–Crippen MR) is 128 cm³/mol. The normalized spacial score (nSPS) is 14.4. The number of para-hydroxylation sites is 3. The van der Waals surface area contributed by atoms with Crippen molar-refractivity contribution in [1.82, 2.24) is 14.8 Å². The van der Waals surface area contributed by atoms with Crippen LogP contribution in [0.25, 0.3) is 16.9 Å². The molecule has 0 spiro atoms. The first-order valence-corrected chi connectivity index (χ1v) is 10.6. The zero-order chi connectivity index (χ0) is 21.3. The molecule has 5 aromatic rings. The fourth-order valence-electron chi connectivity index (χ4n) is 4.27. The van der Waals surface area contributed by atoms with E-state index in [2.05, 4.69) is 82.3 Å². The molecule has 0 bridgehead atoms. The second-order valence-corrected chi connectivity index (χ2v) is 7.75. The zero-order valence-electron chi connectivity index (χ0n) is 17.3. The number of aromatic nitrogens is 3. The summed E-state index contributed by atoms with van der Waals surface area (Å²) in [4.78, 5) is 4.23. The summed E-state index contributed by atoms with van der Waals surface area (Å²) in [5.74, 6) is 0.953. The van der Waals surface area contributed by atoms with Crippen molar-refractivity contribution in [2.45, 2.75) is 6.04 Å². The summed E-state index contributed by atoms with van der Waals surface area (Å²) in [6, 6.07) is 32.9. The average molecular weight is 416 g/mol. The molecule has 2 N–H and O–H groups in total. The second kappa shape index (κ2) is 7.71. The highest BCUT2D eigenvalue weighted by Gasteiger charge is 2.31. The van der Waals surface area contributed by atoms with Crippen LogP contribution >= 0.6 is 0 Å². The number of fused-ring (bicyclic) bond motifs is 2. The number of rotatable bonds is 3. The summed E-state index contributed by atoms with van der Waals surface area (Å²) < 4.78 is 2.01. The van der Waals surface area contributed by atoms with Gasteiger partial charge in [-0.05, 0) is 42.0 Å². The molecule has 0 fully saturated rings. The SMILES string of the molecule is c1ccc(-c2nn(-c3ccccc3)c3c2[C@H](c2ccncc2)Nc2ccccc2N3)cc1. The van der Waals surface area contributed by atoms with Crippen molar-refractivity contribution in [2.24, 2.45) is 0 Å². The van der Waals surface area contributed by atoms with Crippen LogP contribution in [-0.2, 0) is 0 Å². The Bertz CT molecular complexity index is 1360. The highest BCUT2D eigenvalue weighted by atomic mass is 15.3. The van der Waals surface area contributed by atoms with Crippen molar-refractivity contribution >= 4 is 17.2 Å². The van der Waals surface area contributed by atoms with Gasteiger partial charge in [0.1, 0.15) is 11.5 Å². The summed E-state index contributed by atoms with van der Waals surface area (Å²) in [6.07, 6.45) is 3.68. The standard InChI is InChI=1S/C27H21N5/c1-3-9-19(10-4-1)26-24-25(20-15-17-28-18-16-20)29-22-13-7-8-14-23(22)30-27(24)32(31-26)21-11-5-2-6-12-21/h1-18,25,29-30H/t25-/m0/s1. The quantitative estimate of drug-likeness (QED) is 0.369. The number of nitrogens with zero attached hydrogens (tertiary/aromatic N) is 3. The van der Waals surface area contributed by atoms with Crippen LogP contribution in [0, 0.1) is 0 Å². The van der Waals surface area contributed by atoms with Gasteiger partial charge in [0.15, 0.2) is 0 Å². The Morgan fingerprint density at radius 2 is 1.34 bits per heavy atom. The van der Waals surface area contributed by atoms with E-state index in [1.165, 1.54) is 0 Å². The van der Waals surface area contributed by atoms with Gasteiger partial charge in [-0.2, -0.15) is 5.10 Å². The lowest BCUT2D eigenvalue weighted by Gasteiger charge is -2.19. The van der Waals surface area contributed by atoms with Gasteiger partial charge < -0.3 is 10.6 Å². The minimum Gasteiger partial charge on any atom is -0.372 e. The van der Waals surface area contributed by atoms with Crippen LogP contribution in [0.3, 0.4) is 0 Å². The molecular formula is C27H21N5. The summed E-state index contributed by atoms with van der Waals surface area (Å²) in [5, 5.41) is 12.6. The van der Waals surface area contributed by atoms with E-state index >= 15 is 0 Å². The van der Waals surface area contributed by atoms with Gasteiger partial charge in [0.05, 0.1) is 23.1 Å². The first kappa shape index (κ1) is 18.4. The Morgan fingerprint density at radius 1 is 0.688 bits per heavy atom. The Balaban J connectivity index is 1.67. The monoisotopic (exact) mass is 415 g/mol. The van der Waals surface area contributed by atoms with E-state index in [-0.39, 0.29) is 6.04 Å². The minimum atomic E-state index is -0.100. The number of hydrogen-bond acceptors (Lipinski definition) is 4. The minimum absolute atomic E-state index is 0.100. The summed E-state index contributed by atoms with van der Waals surface area (Å²) in [5.41, 5.74) is 7.32. The van der Waals surface area contributed by atoms with Gasteiger partial charge in [0, 0.05) is 23.5 Å². The van der Waals surface area contributed by atoms with E-state index in [1.54, 1.807) is 0 Å². The highest BCUT2D eigenvalue weighted by molar-refractivity contribution is 5.83. The van der Waals surface area contributed by atoms with Crippen LogP contribution in [0.1, 0.15) is 17.2 Å². The van der Waals surface area contributed by atoms with Crippen LogP contribution in [0.5, 0.6) is 0 Å². The van der Waals surface area contributed by atoms with E-state index < -0.39 is 0 Å². The van der Waals surface area contributed by atoms with Gasteiger partial charge in [0.2, 0.25) is 0 Å². The highest BCUT2D eigenvalue weighted by Crippen LogP contribution is 2.44. The Kier molecular flexibility index (Phi) is 4.43. The van der Waals surface area contributed by atoms with Crippen molar-refractivity contribution in [1.29, 1.82) is 0 Å². The Hall–Kier alpha value is -4.38. The molecule has 0 radical (unpaired) electrons. The van der Waals surface area contributed by atoms with Gasteiger partial charge in [-0.15, -0.1) is 0 Å². The van der Waals surface area contributed by atoms with E-state index in [0.29, 0.717) is 0 Å². The maximum absolute atomic E-state index is 5.12. The molecule has 0 saturated heterocycles. The maximum atomic E-state index is 5.12. The molecule has 1 aliphatic rings. The number of pyridine rings is 1. The van der Waals surface area contributed by atoms with Gasteiger partial charge in [-0.3, -0.25) is 4.98 Å². The molecule has 2 aromatic heterocycles. The number of anilines is 3. The first-order valence-electron chi connectivity index (χ1n) is 10.6. The molecular weight excluding hydrogens is 394 g/mol. The average Bonchev–Trinajstić information content (AvgIpc) is 3.14. The summed E-state index contributed by atoms with van der Waals surface area (Å²) in [6.45, 7) is 0. The number of hydrogen-bond donors (Lipinski definition) is 2. The van der Waals surface area contributed by atoms with Gasteiger partial charge in [-0.1, -0.05) is 60.7 Å². The number of nitrogens with one attached hydrogen (secondary N) is 2. The third-order valence-electron chi connectivity index (χ3n) is 5.78. The van der Waals surface area contributed by atoms with E-state index in [1.807, 2.05) is 47.4 Å².